The van der Waals surface area contributed by atoms with Crippen LogP contribution in [0.15, 0.2) is 24.3 Å². The van der Waals surface area contributed by atoms with Gasteiger partial charge in [-0.3, -0.25) is 4.79 Å². The third-order valence-corrected chi connectivity index (χ3v) is 4.45. The van der Waals surface area contributed by atoms with E-state index in [-0.39, 0.29) is 18.3 Å². The lowest BCUT2D eigenvalue weighted by Crippen LogP contribution is -2.41. The molecule has 0 radical (unpaired) electrons. The van der Waals surface area contributed by atoms with Crippen LogP contribution in [0.25, 0.3) is 0 Å². The minimum Gasteiger partial charge on any atom is -0.497 e. The number of hydrogen-bond donors (Lipinski definition) is 2. The summed E-state index contributed by atoms with van der Waals surface area (Å²) in [6.07, 6.45) is 7.34. The lowest BCUT2D eigenvalue weighted by atomic mass is 10.1. The number of amides is 1. The van der Waals surface area contributed by atoms with Gasteiger partial charge in [0.15, 0.2) is 6.10 Å². The van der Waals surface area contributed by atoms with Crippen LogP contribution in [0.2, 0.25) is 0 Å². The molecular weight excluding hydrogens is 340 g/mol. The summed E-state index contributed by atoms with van der Waals surface area (Å²) in [4.78, 5) is 12.1. The summed E-state index contributed by atoms with van der Waals surface area (Å²) in [5.41, 5.74) is 0. The number of nitrogens with one attached hydrogen (secondary N) is 2. The van der Waals surface area contributed by atoms with Crippen LogP contribution in [0.4, 0.5) is 0 Å². The highest BCUT2D eigenvalue weighted by molar-refractivity contribution is 5.85. The lowest BCUT2D eigenvalue weighted by molar-refractivity contribution is -0.127. The molecule has 0 heterocycles. The predicted octanol–water partition coefficient (Wildman–Crippen LogP) is 3.31. The molecule has 0 saturated heterocycles. The van der Waals surface area contributed by atoms with Gasteiger partial charge in [-0.15, -0.1) is 12.4 Å². The van der Waals surface area contributed by atoms with E-state index in [1.165, 1.54) is 38.5 Å². The van der Waals surface area contributed by atoms with Crippen molar-refractivity contribution in [3.8, 4) is 11.5 Å². The van der Waals surface area contributed by atoms with E-state index in [2.05, 4.69) is 10.6 Å². The van der Waals surface area contributed by atoms with E-state index in [0.717, 1.165) is 12.3 Å². The second-order valence-corrected chi connectivity index (χ2v) is 6.37. The molecule has 0 spiro atoms. The molecule has 1 saturated carbocycles. The number of halogens is 1. The molecule has 2 N–H and O–H groups in total. The average Bonchev–Trinajstić information content (AvgIpc) is 2.88. The Morgan fingerprint density at radius 3 is 2.28 bits per heavy atom. The molecule has 1 unspecified atom stereocenters. The van der Waals surface area contributed by atoms with Crippen LogP contribution in [0.3, 0.4) is 0 Å². The molecule has 1 aliphatic carbocycles. The van der Waals surface area contributed by atoms with Gasteiger partial charge in [-0.1, -0.05) is 25.7 Å². The van der Waals surface area contributed by atoms with Crippen LogP contribution in [-0.4, -0.2) is 38.3 Å². The molecule has 1 amide bonds. The van der Waals surface area contributed by atoms with Gasteiger partial charge in [0.25, 0.3) is 5.91 Å². The maximum atomic E-state index is 12.1. The van der Waals surface area contributed by atoms with Crippen LogP contribution in [0.1, 0.15) is 45.4 Å². The largest absolute Gasteiger partial charge is 0.497 e. The third-order valence-electron chi connectivity index (χ3n) is 4.45. The fraction of sp³-hybridized carbons (Fsp3) is 0.632. The van der Waals surface area contributed by atoms with E-state index >= 15 is 0 Å². The van der Waals surface area contributed by atoms with E-state index in [1.807, 2.05) is 12.1 Å². The van der Waals surface area contributed by atoms with Crippen molar-refractivity contribution in [2.45, 2.75) is 57.6 Å². The number of methoxy groups -OCH3 is 1. The van der Waals surface area contributed by atoms with Crippen molar-refractivity contribution in [2.75, 3.05) is 20.2 Å². The number of benzene rings is 1. The first-order chi connectivity index (χ1) is 11.7. The summed E-state index contributed by atoms with van der Waals surface area (Å²) in [5, 5.41) is 6.48. The van der Waals surface area contributed by atoms with E-state index in [1.54, 1.807) is 26.2 Å². The van der Waals surface area contributed by atoms with Crippen molar-refractivity contribution in [3.05, 3.63) is 24.3 Å². The zero-order valence-corrected chi connectivity index (χ0v) is 16.1. The third kappa shape index (κ3) is 7.97. The first-order valence-corrected chi connectivity index (χ1v) is 9.01. The molecule has 0 aliphatic heterocycles. The van der Waals surface area contributed by atoms with Crippen LogP contribution in [0.5, 0.6) is 11.5 Å². The molecule has 1 aromatic carbocycles. The van der Waals surface area contributed by atoms with Crippen LogP contribution < -0.4 is 20.1 Å². The Bertz CT molecular complexity index is 488. The van der Waals surface area contributed by atoms with Crippen molar-refractivity contribution >= 4 is 18.3 Å². The normalized spacial score (nSPS) is 16.2. The van der Waals surface area contributed by atoms with Gasteiger partial charge in [0.1, 0.15) is 11.5 Å². The molecule has 2 rings (SSSR count). The quantitative estimate of drug-likeness (QED) is 0.544. The Morgan fingerprint density at radius 1 is 1.08 bits per heavy atom. The zero-order chi connectivity index (χ0) is 17.2. The molecule has 5 nitrogen and oxygen atoms in total. The first kappa shape index (κ1) is 21.6. The number of ether oxygens (including phenoxy) is 2. The fourth-order valence-electron chi connectivity index (χ4n) is 3.00. The highest BCUT2D eigenvalue weighted by Gasteiger charge is 2.15. The van der Waals surface area contributed by atoms with Gasteiger partial charge in [-0.25, -0.2) is 0 Å². The van der Waals surface area contributed by atoms with Crippen LogP contribution in [0, 0.1) is 0 Å². The molecule has 1 atom stereocenters. The standard InChI is InChI=1S/C19H30N2O3.ClH/c1-15(24-18-11-9-17(23-2)10-12-18)19(22)21-14-13-20-16-7-5-3-4-6-8-16;/h9-12,15-16,20H,3-8,13-14H2,1-2H3,(H,21,22);1H. The average molecular weight is 371 g/mol. The minimum atomic E-state index is -0.517. The van der Waals surface area contributed by atoms with Gasteiger partial charge in [-0.2, -0.15) is 0 Å². The highest BCUT2D eigenvalue weighted by atomic mass is 35.5. The van der Waals surface area contributed by atoms with Gasteiger partial charge in [-0.05, 0) is 44.0 Å². The van der Waals surface area contributed by atoms with Gasteiger partial charge in [0, 0.05) is 19.1 Å². The zero-order valence-electron chi connectivity index (χ0n) is 15.3. The first-order valence-electron chi connectivity index (χ1n) is 9.01. The second kappa shape index (κ2) is 12.0. The van der Waals surface area contributed by atoms with Crippen LogP contribution in [-0.2, 0) is 4.79 Å². The smallest absolute Gasteiger partial charge is 0.260 e. The molecule has 6 heteroatoms. The summed E-state index contributed by atoms with van der Waals surface area (Å²) in [6.45, 7) is 3.20. The topological polar surface area (TPSA) is 59.6 Å². The van der Waals surface area contributed by atoms with Crippen LogP contribution >= 0.6 is 12.4 Å². The van der Waals surface area contributed by atoms with Gasteiger partial charge in [0.05, 0.1) is 7.11 Å². The number of carbonyl (C=O) groups is 1. The Labute approximate surface area is 157 Å². The highest BCUT2D eigenvalue weighted by Crippen LogP contribution is 2.18. The summed E-state index contributed by atoms with van der Waals surface area (Å²) in [6, 6.07) is 7.84. The Hall–Kier alpha value is -1.46. The number of carbonyl (C=O) groups excluding carboxylic acids is 1. The summed E-state index contributed by atoms with van der Waals surface area (Å²) in [5.74, 6) is 1.34. The molecular formula is C19H31ClN2O3. The lowest BCUT2D eigenvalue weighted by Gasteiger charge is -2.18. The van der Waals surface area contributed by atoms with Crippen molar-refractivity contribution in [1.82, 2.24) is 10.6 Å². The fourth-order valence-corrected chi connectivity index (χ4v) is 3.00. The van der Waals surface area contributed by atoms with Crippen molar-refractivity contribution in [3.63, 3.8) is 0 Å². The number of hydrogen-bond acceptors (Lipinski definition) is 4. The number of rotatable bonds is 8. The Kier molecular flexibility index (Phi) is 10.3. The predicted molar refractivity (Wildman–Crippen MR) is 103 cm³/mol. The molecule has 142 valence electrons. The summed E-state index contributed by atoms with van der Waals surface area (Å²) < 4.78 is 10.8. The van der Waals surface area contributed by atoms with Crippen molar-refractivity contribution in [2.24, 2.45) is 0 Å². The van der Waals surface area contributed by atoms with E-state index in [9.17, 15) is 4.79 Å². The monoisotopic (exact) mass is 370 g/mol. The maximum Gasteiger partial charge on any atom is 0.260 e. The van der Waals surface area contributed by atoms with E-state index in [4.69, 9.17) is 9.47 Å². The van der Waals surface area contributed by atoms with Gasteiger partial charge >= 0.3 is 0 Å². The van der Waals surface area contributed by atoms with E-state index < -0.39 is 6.10 Å². The van der Waals surface area contributed by atoms with E-state index in [0.29, 0.717) is 18.3 Å². The Morgan fingerprint density at radius 2 is 1.68 bits per heavy atom. The summed E-state index contributed by atoms with van der Waals surface area (Å²) in [7, 11) is 1.62. The molecule has 1 aromatic rings. The minimum absolute atomic E-state index is 0. The van der Waals surface area contributed by atoms with Crippen molar-refractivity contribution < 1.29 is 14.3 Å². The maximum absolute atomic E-state index is 12.1. The summed E-state index contributed by atoms with van der Waals surface area (Å²) >= 11 is 0. The molecule has 1 fully saturated rings. The van der Waals surface area contributed by atoms with Gasteiger partial charge in [0.2, 0.25) is 0 Å². The van der Waals surface area contributed by atoms with Crippen molar-refractivity contribution in [1.29, 1.82) is 0 Å². The SMILES string of the molecule is COc1ccc(OC(C)C(=O)NCCNC2CCCCCC2)cc1.Cl. The molecule has 1 aliphatic rings. The molecule has 25 heavy (non-hydrogen) atoms. The molecule has 0 aromatic heterocycles. The second-order valence-electron chi connectivity index (χ2n) is 6.37. The Balaban J connectivity index is 0.00000312. The van der Waals surface area contributed by atoms with Gasteiger partial charge < -0.3 is 20.1 Å². The molecule has 0 bridgehead atoms.